The smallest absolute Gasteiger partial charge is 0.147 e. The van der Waals surface area contributed by atoms with E-state index >= 15 is 0 Å². The average Bonchev–Trinajstić information content (AvgIpc) is 1.50. The lowest BCUT2D eigenvalue weighted by Crippen LogP contribution is -2.25. The molecule has 148 heavy (non-hydrogen) atoms. The quantitative estimate of drug-likeness (QED) is 0.128. The lowest BCUT2D eigenvalue weighted by Gasteiger charge is -2.30. The first-order valence-electron chi connectivity index (χ1n) is 50.8. The van der Waals surface area contributed by atoms with Crippen molar-refractivity contribution in [2.24, 2.45) is 0 Å². The van der Waals surface area contributed by atoms with Gasteiger partial charge >= 0.3 is 0 Å². The van der Waals surface area contributed by atoms with Crippen molar-refractivity contribution in [2.45, 2.75) is 5.41 Å². The number of rotatable bonds is 10. The van der Waals surface area contributed by atoms with Crippen molar-refractivity contribution in [1.82, 2.24) is 28.2 Å². The third-order valence-corrected chi connectivity index (χ3v) is 31.2. The Hall–Kier alpha value is -19.7. The molecule has 2 aliphatic carbocycles. The van der Waals surface area contributed by atoms with Crippen LogP contribution < -0.4 is 9.80 Å². The standard InChI is InChI=1S/C48H28N2.C47H31N3.C45H29N3/c1-2-12-32-29(11-1)21-25-37-38-27-30(23-26-44(38)50-45-20-10-9-19-43(45)49-47(50)46(32)37)31-22-24-36-35-15-5-8-18-41(35)48(42(36)28-31)39-16-6-3-13-33(39)34-14-4-7-17-40(34)48;1-3-11-32(12-4-1)34-19-24-37(25-20-34)49(38-26-21-35(22-27-38)33-13-5-2-6-14-33)39-28-30-44-42(31-39)41-29-23-36-15-7-8-16-40(36)46(41)47-48-43-17-9-10-18-45(43)50(44)47;1-2-14-34(15-3-1)47(41-20-10-13-31-11-4-6-16-36(31)41)35-25-21-30(22-26-35)33-24-28-42-39(29-33)38-27-23-32-12-5-7-17-37(32)44(38)45-46-40-18-8-9-19-43(40)48(42)45/h1-28H;1-31H;1-29H. The molecule has 0 radical (unpaired) electrons. The first-order chi connectivity index (χ1) is 73.4. The van der Waals surface area contributed by atoms with Crippen LogP contribution in [0.1, 0.15) is 22.3 Å². The number of para-hydroxylation sites is 7. The lowest BCUT2D eigenvalue weighted by molar-refractivity contribution is 0.794. The molecule has 0 atom stereocenters. The summed E-state index contributed by atoms with van der Waals surface area (Å²) in [6.45, 7) is 0. The van der Waals surface area contributed by atoms with Crippen molar-refractivity contribution >= 4 is 192 Å². The van der Waals surface area contributed by atoms with E-state index in [1.807, 2.05) is 0 Å². The second-order valence-electron chi connectivity index (χ2n) is 39.1. The Labute approximate surface area is 852 Å². The molecule has 6 heterocycles. The van der Waals surface area contributed by atoms with Crippen LogP contribution in [0.25, 0.3) is 225 Å². The lowest BCUT2D eigenvalue weighted by atomic mass is 9.70. The van der Waals surface area contributed by atoms with Crippen LogP contribution in [0.2, 0.25) is 0 Å². The van der Waals surface area contributed by atoms with Crippen molar-refractivity contribution in [3.8, 4) is 66.8 Å². The molecule has 0 saturated heterocycles. The maximum absolute atomic E-state index is 5.22. The van der Waals surface area contributed by atoms with Gasteiger partial charge in [-0.15, -0.1) is 0 Å². The molecule has 2 aliphatic rings. The zero-order chi connectivity index (χ0) is 97.2. The van der Waals surface area contributed by atoms with E-state index in [1.165, 1.54) is 186 Å². The van der Waals surface area contributed by atoms with Gasteiger partial charge in [0.05, 0.1) is 60.8 Å². The zero-order valence-corrected chi connectivity index (χ0v) is 80.4. The minimum atomic E-state index is -0.362. The highest BCUT2D eigenvalue weighted by molar-refractivity contribution is 6.27. The summed E-state index contributed by atoms with van der Waals surface area (Å²) in [5.41, 5.74) is 39.6. The maximum atomic E-state index is 5.22. The highest BCUT2D eigenvalue weighted by Crippen LogP contribution is 2.64. The van der Waals surface area contributed by atoms with Crippen LogP contribution in [-0.2, 0) is 5.41 Å². The van der Waals surface area contributed by atoms with E-state index in [-0.39, 0.29) is 5.41 Å². The van der Waals surface area contributed by atoms with E-state index < -0.39 is 0 Å². The second kappa shape index (κ2) is 33.8. The van der Waals surface area contributed by atoms with Crippen molar-refractivity contribution in [2.75, 3.05) is 9.80 Å². The number of anilines is 6. The van der Waals surface area contributed by atoms with Gasteiger partial charge in [-0.1, -0.05) is 394 Å². The molecule has 0 amide bonds. The van der Waals surface area contributed by atoms with Crippen molar-refractivity contribution in [1.29, 1.82) is 0 Å². The van der Waals surface area contributed by atoms with Gasteiger partial charge < -0.3 is 9.80 Å². The van der Waals surface area contributed by atoms with Gasteiger partial charge in [0.1, 0.15) is 16.9 Å². The summed E-state index contributed by atoms with van der Waals surface area (Å²) in [6.07, 6.45) is 0. The molecule has 30 aromatic rings. The number of hydrogen-bond acceptors (Lipinski definition) is 5. The highest BCUT2D eigenvalue weighted by atomic mass is 15.2. The largest absolute Gasteiger partial charge is 0.310 e. The number of hydrogen-bond donors (Lipinski definition) is 0. The Balaban J connectivity index is 0.000000102. The van der Waals surface area contributed by atoms with Crippen molar-refractivity contribution < 1.29 is 0 Å². The molecular formula is C140H88N8. The molecule has 0 aliphatic heterocycles. The summed E-state index contributed by atoms with van der Waals surface area (Å²) in [5, 5.41) is 20.6. The summed E-state index contributed by atoms with van der Waals surface area (Å²) in [6, 6.07) is 194. The van der Waals surface area contributed by atoms with Gasteiger partial charge in [0, 0.05) is 66.1 Å². The average molecular weight is 1880 g/mol. The number of fused-ring (bicyclic) bond motifs is 41. The minimum Gasteiger partial charge on any atom is -0.310 e. The summed E-state index contributed by atoms with van der Waals surface area (Å²) in [4.78, 5) is 20.3. The third-order valence-electron chi connectivity index (χ3n) is 31.2. The molecule has 32 rings (SSSR count). The van der Waals surface area contributed by atoms with E-state index in [1.54, 1.807) is 0 Å². The topological polar surface area (TPSA) is 58.4 Å². The maximum Gasteiger partial charge on any atom is 0.147 e. The fraction of sp³-hybridized carbons (Fsp3) is 0.00714. The highest BCUT2D eigenvalue weighted by Gasteiger charge is 2.52. The Kier molecular flexibility index (Phi) is 19.2. The number of imidazole rings is 3. The van der Waals surface area contributed by atoms with Gasteiger partial charge in [-0.25, -0.2) is 15.0 Å². The molecule has 24 aromatic carbocycles. The normalized spacial score (nSPS) is 12.4. The van der Waals surface area contributed by atoms with E-state index in [4.69, 9.17) is 15.0 Å². The molecule has 0 bridgehead atoms. The molecule has 0 fully saturated rings. The number of benzene rings is 24. The van der Waals surface area contributed by atoms with Crippen LogP contribution in [0.4, 0.5) is 34.1 Å². The SMILES string of the molecule is c1ccc(-c2ccc(N(c3ccc(-c4ccccc4)cc3)c3ccc4c(c3)c3ccc5ccccc5c3c3nc5ccccc5n43)cc2)cc1.c1ccc(N(c2ccc(-c3ccc4c(c3)c3ccc5ccccc5c3c3nc5ccccc5n43)cc2)c2cccc3ccccc23)cc1.c1ccc2c(c1)-c1ccccc1C21c2ccccc2-c2ccc(-c3ccc4c(c3)c3ccc5ccccc5c3c3nc5ccccc5n43)cc21. The zero-order valence-electron chi connectivity index (χ0n) is 80.4. The second-order valence-corrected chi connectivity index (χ2v) is 39.1. The molecule has 0 saturated carbocycles. The third kappa shape index (κ3) is 13.1. The first kappa shape index (κ1) is 84.1. The molecule has 1 spiro atoms. The van der Waals surface area contributed by atoms with E-state index in [0.717, 1.165) is 95.2 Å². The molecule has 0 unspecified atom stereocenters. The Morgan fingerprint density at radius 2 is 0.459 bits per heavy atom. The Morgan fingerprint density at radius 1 is 0.162 bits per heavy atom. The van der Waals surface area contributed by atoms with E-state index in [9.17, 15) is 0 Å². The van der Waals surface area contributed by atoms with Crippen LogP contribution in [0, 0.1) is 0 Å². The van der Waals surface area contributed by atoms with Gasteiger partial charge in [-0.05, 0) is 282 Å². The van der Waals surface area contributed by atoms with Crippen LogP contribution in [-0.4, -0.2) is 28.2 Å². The van der Waals surface area contributed by atoms with Gasteiger partial charge in [0.2, 0.25) is 0 Å². The van der Waals surface area contributed by atoms with Crippen molar-refractivity contribution in [3.63, 3.8) is 0 Å². The number of aromatic nitrogens is 6. The summed E-state index contributed by atoms with van der Waals surface area (Å²) in [5.74, 6) is 0. The molecule has 8 nitrogen and oxygen atoms in total. The van der Waals surface area contributed by atoms with E-state index in [2.05, 4.69) is 557 Å². The van der Waals surface area contributed by atoms with Gasteiger partial charge in [0.15, 0.2) is 0 Å². The van der Waals surface area contributed by atoms with E-state index in [0.29, 0.717) is 0 Å². The molecule has 6 aromatic heterocycles. The summed E-state index contributed by atoms with van der Waals surface area (Å²) >= 11 is 0. The predicted octanol–water partition coefficient (Wildman–Crippen LogP) is 36.9. The van der Waals surface area contributed by atoms with Gasteiger partial charge in [0.25, 0.3) is 0 Å². The Bertz CT molecular complexity index is 10600. The van der Waals surface area contributed by atoms with Crippen LogP contribution in [0.3, 0.4) is 0 Å². The fourth-order valence-corrected chi connectivity index (χ4v) is 24.6. The van der Waals surface area contributed by atoms with Gasteiger partial charge in [-0.3, -0.25) is 13.2 Å². The van der Waals surface area contributed by atoms with Crippen LogP contribution >= 0.6 is 0 Å². The minimum absolute atomic E-state index is 0.362. The van der Waals surface area contributed by atoms with Crippen molar-refractivity contribution in [3.05, 3.63) is 556 Å². The molecular weight excluding hydrogens is 1790 g/mol. The van der Waals surface area contributed by atoms with Gasteiger partial charge in [-0.2, -0.15) is 0 Å². The van der Waals surface area contributed by atoms with Crippen LogP contribution in [0.15, 0.2) is 534 Å². The molecule has 8 heteroatoms. The summed E-state index contributed by atoms with van der Waals surface area (Å²) in [7, 11) is 0. The first-order valence-corrected chi connectivity index (χ1v) is 50.8. The fourth-order valence-electron chi connectivity index (χ4n) is 24.6. The van der Waals surface area contributed by atoms with Crippen LogP contribution in [0.5, 0.6) is 0 Å². The Morgan fingerprint density at radius 3 is 0.905 bits per heavy atom. The number of pyridine rings is 3. The molecule has 0 N–H and O–H groups in total. The summed E-state index contributed by atoms with van der Waals surface area (Å²) < 4.78 is 7.05. The molecule has 688 valence electrons. The predicted molar refractivity (Wildman–Crippen MR) is 621 cm³/mol. The number of nitrogens with zero attached hydrogens (tertiary/aromatic N) is 8. The monoisotopic (exact) mass is 1880 g/mol.